The molecule has 3 rings (SSSR count). The number of rotatable bonds is 6. The van der Waals surface area contributed by atoms with E-state index in [1.807, 2.05) is 24.3 Å². The molecular formula is C19H14BrFO4. The lowest BCUT2D eigenvalue weighted by Crippen LogP contribution is -2.05. The molecule has 0 amide bonds. The molecule has 25 heavy (non-hydrogen) atoms. The average Bonchev–Trinajstić information content (AvgIpc) is 3.09. The second-order valence-electron chi connectivity index (χ2n) is 5.15. The molecule has 1 aromatic heterocycles. The molecule has 0 saturated carbocycles. The Bertz CT molecular complexity index is 875. The van der Waals surface area contributed by atoms with Crippen molar-refractivity contribution in [3.8, 4) is 5.75 Å². The number of furan rings is 1. The molecule has 0 spiro atoms. The minimum Gasteiger partial charge on any atom is -0.484 e. The van der Waals surface area contributed by atoms with E-state index in [-0.39, 0.29) is 19.0 Å². The molecule has 4 nitrogen and oxygen atoms in total. The lowest BCUT2D eigenvalue weighted by atomic mass is 10.2. The monoisotopic (exact) mass is 404 g/mol. The van der Waals surface area contributed by atoms with E-state index < -0.39 is 11.8 Å². The third kappa shape index (κ3) is 4.48. The van der Waals surface area contributed by atoms with Crippen LogP contribution < -0.4 is 4.74 Å². The Morgan fingerprint density at radius 2 is 1.76 bits per heavy atom. The topological polar surface area (TPSA) is 48.7 Å². The highest BCUT2D eigenvalue weighted by molar-refractivity contribution is 9.10. The van der Waals surface area contributed by atoms with E-state index in [1.165, 1.54) is 12.1 Å². The van der Waals surface area contributed by atoms with Gasteiger partial charge in [-0.1, -0.05) is 30.3 Å². The Balaban J connectivity index is 1.56. The van der Waals surface area contributed by atoms with Crippen LogP contribution >= 0.6 is 15.9 Å². The van der Waals surface area contributed by atoms with Gasteiger partial charge in [0.2, 0.25) is 5.76 Å². The van der Waals surface area contributed by atoms with Gasteiger partial charge in [-0.25, -0.2) is 9.18 Å². The van der Waals surface area contributed by atoms with Crippen LogP contribution in [0.15, 0.2) is 69.6 Å². The first-order valence-electron chi connectivity index (χ1n) is 7.50. The van der Waals surface area contributed by atoms with Gasteiger partial charge >= 0.3 is 5.97 Å². The Morgan fingerprint density at radius 3 is 2.56 bits per heavy atom. The molecule has 6 heteroatoms. The lowest BCUT2D eigenvalue weighted by Gasteiger charge is -2.06. The van der Waals surface area contributed by atoms with Crippen LogP contribution in [-0.2, 0) is 18.0 Å². The summed E-state index contributed by atoms with van der Waals surface area (Å²) in [6.45, 7) is 0.0121. The Kier molecular flexibility index (Phi) is 5.50. The quantitative estimate of drug-likeness (QED) is 0.535. The maximum atomic E-state index is 13.5. The van der Waals surface area contributed by atoms with Crippen molar-refractivity contribution in [3.05, 3.63) is 88.0 Å². The van der Waals surface area contributed by atoms with Gasteiger partial charge in [-0.2, -0.15) is 0 Å². The van der Waals surface area contributed by atoms with Gasteiger partial charge in [0, 0.05) is 5.56 Å². The van der Waals surface area contributed by atoms with Crippen molar-refractivity contribution in [1.29, 1.82) is 0 Å². The molecule has 0 aliphatic rings. The SMILES string of the molecule is O=C(OCc1ccccc1F)c1ccc(COc2ccccc2Br)o1. The van der Waals surface area contributed by atoms with Crippen LogP contribution in [-0.4, -0.2) is 5.97 Å². The van der Waals surface area contributed by atoms with Gasteiger partial charge in [0.15, 0.2) is 0 Å². The predicted octanol–water partition coefficient (Wildman–Crippen LogP) is 5.12. The number of hydrogen-bond acceptors (Lipinski definition) is 4. The lowest BCUT2D eigenvalue weighted by molar-refractivity contribution is 0.0428. The van der Waals surface area contributed by atoms with E-state index in [1.54, 1.807) is 24.3 Å². The second kappa shape index (κ2) is 7.98. The van der Waals surface area contributed by atoms with Gasteiger partial charge in [-0.3, -0.25) is 0 Å². The second-order valence-corrected chi connectivity index (χ2v) is 6.01. The maximum absolute atomic E-state index is 13.5. The Hall–Kier alpha value is -2.60. The smallest absolute Gasteiger partial charge is 0.374 e. The van der Waals surface area contributed by atoms with Crippen molar-refractivity contribution in [1.82, 2.24) is 0 Å². The molecule has 0 radical (unpaired) electrons. The van der Waals surface area contributed by atoms with E-state index in [0.717, 1.165) is 4.47 Å². The summed E-state index contributed by atoms with van der Waals surface area (Å²) in [5.74, 6) is 0.117. The highest BCUT2D eigenvalue weighted by atomic mass is 79.9. The van der Waals surface area contributed by atoms with E-state index in [9.17, 15) is 9.18 Å². The first-order chi connectivity index (χ1) is 12.1. The fourth-order valence-electron chi connectivity index (χ4n) is 2.11. The van der Waals surface area contributed by atoms with Crippen LogP contribution in [0, 0.1) is 5.82 Å². The normalized spacial score (nSPS) is 10.5. The van der Waals surface area contributed by atoms with Crippen LogP contribution in [0.1, 0.15) is 21.9 Å². The summed E-state index contributed by atoms with van der Waals surface area (Å²) in [5.41, 5.74) is 0.305. The molecule has 0 bridgehead atoms. The van der Waals surface area contributed by atoms with Gasteiger partial charge < -0.3 is 13.9 Å². The van der Waals surface area contributed by atoms with E-state index in [4.69, 9.17) is 13.9 Å². The number of halogens is 2. The summed E-state index contributed by atoms with van der Waals surface area (Å²) in [7, 11) is 0. The molecule has 0 saturated heterocycles. The van der Waals surface area contributed by atoms with Crippen LogP contribution in [0.3, 0.4) is 0 Å². The van der Waals surface area contributed by atoms with E-state index in [0.29, 0.717) is 17.1 Å². The number of esters is 1. The van der Waals surface area contributed by atoms with Crippen molar-refractivity contribution in [2.45, 2.75) is 13.2 Å². The van der Waals surface area contributed by atoms with Gasteiger partial charge in [0.05, 0.1) is 4.47 Å². The maximum Gasteiger partial charge on any atom is 0.374 e. The third-order valence-electron chi connectivity index (χ3n) is 3.39. The largest absolute Gasteiger partial charge is 0.484 e. The molecule has 2 aromatic carbocycles. The van der Waals surface area contributed by atoms with Gasteiger partial charge in [0.25, 0.3) is 0 Å². The number of hydrogen-bond donors (Lipinski definition) is 0. The summed E-state index contributed by atoms with van der Waals surface area (Å²) in [6, 6.07) is 16.7. The molecule has 0 N–H and O–H groups in total. The molecule has 0 unspecified atom stereocenters. The number of carbonyl (C=O) groups excluding carboxylic acids is 1. The Morgan fingerprint density at radius 1 is 1.00 bits per heavy atom. The molecular weight excluding hydrogens is 391 g/mol. The van der Waals surface area contributed by atoms with Crippen LogP contribution in [0.5, 0.6) is 5.75 Å². The zero-order chi connectivity index (χ0) is 17.6. The fraction of sp³-hybridized carbons (Fsp3) is 0.105. The fourth-order valence-corrected chi connectivity index (χ4v) is 2.50. The van der Waals surface area contributed by atoms with Crippen LogP contribution in [0.25, 0.3) is 0 Å². The van der Waals surface area contributed by atoms with Crippen molar-refractivity contribution in [3.63, 3.8) is 0 Å². The van der Waals surface area contributed by atoms with Crippen molar-refractivity contribution >= 4 is 21.9 Å². The van der Waals surface area contributed by atoms with Gasteiger partial charge in [0.1, 0.15) is 30.5 Å². The highest BCUT2D eigenvalue weighted by Gasteiger charge is 2.14. The number of ether oxygens (including phenoxy) is 2. The number of para-hydroxylation sites is 1. The number of carbonyl (C=O) groups is 1. The van der Waals surface area contributed by atoms with Gasteiger partial charge in [-0.15, -0.1) is 0 Å². The van der Waals surface area contributed by atoms with E-state index in [2.05, 4.69) is 15.9 Å². The van der Waals surface area contributed by atoms with E-state index >= 15 is 0 Å². The average molecular weight is 405 g/mol. The van der Waals surface area contributed by atoms with Crippen molar-refractivity contribution in [2.24, 2.45) is 0 Å². The zero-order valence-corrected chi connectivity index (χ0v) is 14.7. The standard InChI is InChI=1S/C19H14BrFO4/c20-15-6-2-4-8-17(15)23-12-14-9-10-18(25-14)19(22)24-11-13-5-1-3-7-16(13)21/h1-10H,11-12H2. The van der Waals surface area contributed by atoms with Crippen molar-refractivity contribution in [2.75, 3.05) is 0 Å². The number of benzene rings is 2. The minimum atomic E-state index is -0.657. The van der Waals surface area contributed by atoms with Crippen LogP contribution in [0.2, 0.25) is 0 Å². The first kappa shape index (κ1) is 17.2. The zero-order valence-electron chi connectivity index (χ0n) is 13.1. The summed E-state index contributed by atoms with van der Waals surface area (Å²) < 4.78 is 30.4. The highest BCUT2D eigenvalue weighted by Crippen LogP contribution is 2.25. The van der Waals surface area contributed by atoms with Gasteiger partial charge in [-0.05, 0) is 46.3 Å². The molecule has 0 fully saturated rings. The molecule has 128 valence electrons. The Labute approximate surface area is 152 Å². The summed E-state index contributed by atoms with van der Waals surface area (Å²) in [6.07, 6.45) is 0. The molecule has 1 heterocycles. The molecule has 0 aliphatic carbocycles. The minimum absolute atomic E-state index is 0.0436. The predicted molar refractivity (Wildman–Crippen MR) is 92.7 cm³/mol. The molecule has 0 aliphatic heterocycles. The first-order valence-corrected chi connectivity index (χ1v) is 8.29. The van der Waals surface area contributed by atoms with Crippen molar-refractivity contribution < 1.29 is 23.1 Å². The molecule has 0 atom stereocenters. The van der Waals surface area contributed by atoms with Crippen LogP contribution in [0.4, 0.5) is 4.39 Å². The third-order valence-corrected chi connectivity index (χ3v) is 4.04. The summed E-state index contributed by atoms with van der Waals surface area (Å²) >= 11 is 3.39. The molecule has 3 aromatic rings. The summed E-state index contributed by atoms with van der Waals surface area (Å²) in [5, 5.41) is 0. The summed E-state index contributed by atoms with van der Waals surface area (Å²) in [4.78, 5) is 12.0.